The molecular weight excluding hydrogens is 228 g/mol. The van der Waals surface area contributed by atoms with Crippen LogP contribution in [0.1, 0.15) is 17.7 Å². The number of nitrogens with zero attached hydrogens (tertiary/aromatic N) is 3. The minimum atomic E-state index is 0.564. The number of methoxy groups -OCH3 is 1. The zero-order valence-corrected chi connectivity index (χ0v) is 10.5. The normalized spacial score (nSPS) is 10.8. The molecule has 1 aromatic carbocycles. The number of para-hydroxylation sites is 1. The Bertz CT molecular complexity index is 495. The molecule has 96 valence electrons. The second-order valence-corrected chi connectivity index (χ2v) is 4.11. The van der Waals surface area contributed by atoms with Crippen molar-refractivity contribution in [2.45, 2.75) is 19.4 Å². The first-order valence-corrected chi connectivity index (χ1v) is 6.03. The minimum absolute atomic E-state index is 0.564. The van der Waals surface area contributed by atoms with Crippen LogP contribution in [0, 0.1) is 0 Å². The molecule has 0 saturated heterocycles. The summed E-state index contributed by atoms with van der Waals surface area (Å²) in [5.41, 5.74) is 8.55. The van der Waals surface area contributed by atoms with E-state index >= 15 is 0 Å². The summed E-state index contributed by atoms with van der Waals surface area (Å²) in [5, 5.41) is 8.30. The first kappa shape index (κ1) is 12.7. The molecule has 0 amide bonds. The van der Waals surface area contributed by atoms with Gasteiger partial charge in [-0.05, 0) is 25.5 Å². The quantitative estimate of drug-likeness (QED) is 0.834. The Morgan fingerprint density at radius 2 is 2.17 bits per heavy atom. The van der Waals surface area contributed by atoms with E-state index in [4.69, 9.17) is 10.5 Å². The molecule has 0 aliphatic rings. The van der Waals surface area contributed by atoms with Gasteiger partial charge in [0.05, 0.1) is 24.2 Å². The van der Waals surface area contributed by atoms with Crippen molar-refractivity contribution in [3.05, 3.63) is 41.7 Å². The third-order valence-corrected chi connectivity index (χ3v) is 2.72. The summed E-state index contributed by atoms with van der Waals surface area (Å²) in [6.45, 7) is 1.24. The Balaban J connectivity index is 2.22. The summed E-state index contributed by atoms with van der Waals surface area (Å²) >= 11 is 0. The van der Waals surface area contributed by atoms with Crippen molar-refractivity contribution in [1.29, 1.82) is 0 Å². The number of rotatable bonds is 6. The molecule has 0 aliphatic carbocycles. The predicted octanol–water partition coefficient (Wildman–Crippen LogP) is 1.30. The van der Waals surface area contributed by atoms with Gasteiger partial charge in [0, 0.05) is 12.7 Å². The lowest BCUT2D eigenvalue weighted by atomic mass is 10.2. The summed E-state index contributed by atoms with van der Waals surface area (Å²) in [7, 11) is 1.69. The highest BCUT2D eigenvalue weighted by Crippen LogP contribution is 2.14. The third kappa shape index (κ3) is 2.94. The fourth-order valence-electron chi connectivity index (χ4n) is 1.83. The molecule has 1 aromatic heterocycles. The van der Waals surface area contributed by atoms with Gasteiger partial charge in [0.1, 0.15) is 0 Å². The average molecular weight is 246 g/mol. The predicted molar refractivity (Wildman–Crippen MR) is 69.4 cm³/mol. The Morgan fingerprint density at radius 3 is 2.94 bits per heavy atom. The van der Waals surface area contributed by atoms with E-state index in [-0.39, 0.29) is 0 Å². The molecule has 2 aromatic rings. The van der Waals surface area contributed by atoms with E-state index in [0.717, 1.165) is 29.8 Å². The second kappa shape index (κ2) is 6.28. The summed E-state index contributed by atoms with van der Waals surface area (Å²) in [5.74, 6) is 0. The molecule has 0 bridgehead atoms. The van der Waals surface area contributed by atoms with Crippen LogP contribution in [0.2, 0.25) is 0 Å². The molecule has 5 heteroatoms. The number of benzene rings is 1. The van der Waals surface area contributed by atoms with Crippen LogP contribution >= 0.6 is 0 Å². The maximum Gasteiger partial charge on any atom is 0.0832 e. The molecule has 0 aliphatic heterocycles. The van der Waals surface area contributed by atoms with E-state index in [2.05, 4.69) is 10.3 Å². The molecule has 2 rings (SSSR count). The van der Waals surface area contributed by atoms with Crippen LogP contribution in [0.5, 0.6) is 0 Å². The van der Waals surface area contributed by atoms with E-state index < -0.39 is 0 Å². The van der Waals surface area contributed by atoms with Gasteiger partial charge in [-0.15, -0.1) is 5.10 Å². The first-order chi connectivity index (χ1) is 8.85. The maximum absolute atomic E-state index is 5.49. The van der Waals surface area contributed by atoms with Crippen LogP contribution in [0.15, 0.2) is 30.5 Å². The highest BCUT2D eigenvalue weighted by molar-refractivity contribution is 5.39. The standard InChI is InChI=1S/C13H18N4O/c1-18-10-11-5-2-3-7-13(11)17-9-12(15-16-17)6-4-8-14/h2-3,5,7,9H,4,6,8,10,14H2,1H3. The van der Waals surface area contributed by atoms with Gasteiger partial charge >= 0.3 is 0 Å². The van der Waals surface area contributed by atoms with Gasteiger partial charge in [-0.3, -0.25) is 0 Å². The van der Waals surface area contributed by atoms with Gasteiger partial charge in [0.15, 0.2) is 0 Å². The zero-order valence-electron chi connectivity index (χ0n) is 10.5. The fourth-order valence-corrected chi connectivity index (χ4v) is 1.83. The molecule has 0 saturated carbocycles. The maximum atomic E-state index is 5.49. The SMILES string of the molecule is COCc1ccccc1-n1cc(CCCN)nn1. The Kier molecular flexibility index (Phi) is 4.44. The second-order valence-electron chi connectivity index (χ2n) is 4.11. The Labute approximate surface area is 107 Å². The van der Waals surface area contributed by atoms with E-state index in [1.165, 1.54) is 0 Å². The van der Waals surface area contributed by atoms with Crippen LogP contribution in [0.3, 0.4) is 0 Å². The largest absolute Gasteiger partial charge is 0.380 e. The van der Waals surface area contributed by atoms with E-state index in [9.17, 15) is 0 Å². The van der Waals surface area contributed by atoms with Crippen LogP contribution in [0.25, 0.3) is 5.69 Å². The lowest BCUT2D eigenvalue weighted by molar-refractivity contribution is 0.184. The van der Waals surface area contributed by atoms with Gasteiger partial charge < -0.3 is 10.5 Å². The first-order valence-electron chi connectivity index (χ1n) is 6.03. The van der Waals surface area contributed by atoms with Gasteiger partial charge in [0.25, 0.3) is 0 Å². The monoisotopic (exact) mass is 246 g/mol. The Hall–Kier alpha value is -1.72. The highest BCUT2D eigenvalue weighted by Gasteiger charge is 2.06. The van der Waals surface area contributed by atoms with Crippen molar-refractivity contribution >= 4 is 0 Å². The number of aryl methyl sites for hydroxylation is 1. The van der Waals surface area contributed by atoms with Crippen LogP contribution in [0.4, 0.5) is 0 Å². The zero-order chi connectivity index (χ0) is 12.8. The highest BCUT2D eigenvalue weighted by atomic mass is 16.5. The number of hydrogen-bond acceptors (Lipinski definition) is 4. The van der Waals surface area contributed by atoms with Crippen molar-refractivity contribution in [3.8, 4) is 5.69 Å². The molecule has 18 heavy (non-hydrogen) atoms. The summed E-state index contributed by atoms with van der Waals surface area (Å²) in [4.78, 5) is 0. The van der Waals surface area contributed by atoms with Crippen molar-refractivity contribution in [2.24, 2.45) is 5.73 Å². The lowest BCUT2D eigenvalue weighted by Gasteiger charge is -2.07. The van der Waals surface area contributed by atoms with Gasteiger partial charge in [-0.1, -0.05) is 23.4 Å². The molecule has 1 heterocycles. The molecule has 5 nitrogen and oxygen atoms in total. The fraction of sp³-hybridized carbons (Fsp3) is 0.385. The van der Waals surface area contributed by atoms with Crippen molar-refractivity contribution in [3.63, 3.8) is 0 Å². The number of hydrogen-bond donors (Lipinski definition) is 1. The molecule has 0 unspecified atom stereocenters. The summed E-state index contributed by atoms with van der Waals surface area (Å²) < 4.78 is 6.98. The summed E-state index contributed by atoms with van der Waals surface area (Å²) in [6, 6.07) is 8.01. The van der Waals surface area contributed by atoms with Crippen molar-refractivity contribution in [1.82, 2.24) is 15.0 Å². The average Bonchev–Trinajstić information content (AvgIpc) is 2.86. The number of ether oxygens (including phenoxy) is 1. The van der Waals surface area contributed by atoms with Crippen LogP contribution in [-0.4, -0.2) is 28.6 Å². The number of nitrogens with two attached hydrogens (primary N) is 1. The van der Waals surface area contributed by atoms with E-state index in [0.29, 0.717) is 13.2 Å². The van der Waals surface area contributed by atoms with Crippen LogP contribution < -0.4 is 5.73 Å². The lowest BCUT2D eigenvalue weighted by Crippen LogP contribution is -2.01. The van der Waals surface area contributed by atoms with Gasteiger partial charge in [-0.2, -0.15) is 0 Å². The molecule has 0 radical (unpaired) electrons. The smallest absolute Gasteiger partial charge is 0.0832 e. The van der Waals surface area contributed by atoms with Crippen molar-refractivity contribution in [2.75, 3.05) is 13.7 Å². The molecular formula is C13H18N4O. The molecule has 0 atom stereocenters. The molecule has 0 fully saturated rings. The summed E-state index contributed by atoms with van der Waals surface area (Å²) in [6.07, 6.45) is 3.74. The van der Waals surface area contributed by atoms with Crippen molar-refractivity contribution < 1.29 is 4.74 Å². The number of aromatic nitrogens is 3. The van der Waals surface area contributed by atoms with E-state index in [1.54, 1.807) is 11.8 Å². The topological polar surface area (TPSA) is 66.0 Å². The van der Waals surface area contributed by atoms with E-state index in [1.807, 2.05) is 30.5 Å². The minimum Gasteiger partial charge on any atom is -0.380 e. The van der Waals surface area contributed by atoms with Gasteiger partial charge in [0.2, 0.25) is 0 Å². The Morgan fingerprint density at radius 1 is 1.33 bits per heavy atom. The molecule has 0 spiro atoms. The third-order valence-electron chi connectivity index (χ3n) is 2.72. The van der Waals surface area contributed by atoms with Gasteiger partial charge in [-0.25, -0.2) is 4.68 Å². The molecule has 2 N–H and O–H groups in total. The van der Waals surface area contributed by atoms with Crippen LogP contribution in [-0.2, 0) is 17.8 Å².